The van der Waals surface area contributed by atoms with E-state index in [-0.39, 0.29) is 17.9 Å². The number of benzene rings is 1. The highest BCUT2D eigenvalue weighted by molar-refractivity contribution is 6.10. The first-order valence-corrected chi connectivity index (χ1v) is 9.23. The molecule has 1 aliphatic rings. The lowest BCUT2D eigenvalue weighted by Gasteiger charge is -2.26. The van der Waals surface area contributed by atoms with E-state index >= 15 is 0 Å². The standard InChI is InChI=1S/C20H30N2O4/c1-20(2,18(23)21-14-9-7-5-6-8-10-14)19(24)22-16-13-15(25-3)11-12-17(16)26-4/h11-14H,5-10H2,1-4H3,(H,21,23)(H,22,24). The molecule has 0 atom stereocenters. The second-order valence-electron chi connectivity index (χ2n) is 7.31. The van der Waals surface area contributed by atoms with Crippen LogP contribution in [-0.4, -0.2) is 32.1 Å². The third kappa shape index (κ3) is 4.90. The van der Waals surface area contributed by atoms with E-state index < -0.39 is 5.41 Å². The molecule has 1 aromatic rings. The average molecular weight is 362 g/mol. The van der Waals surface area contributed by atoms with Gasteiger partial charge in [0.05, 0.1) is 19.9 Å². The van der Waals surface area contributed by atoms with Crippen LogP contribution < -0.4 is 20.1 Å². The van der Waals surface area contributed by atoms with Crippen LogP contribution in [0.5, 0.6) is 11.5 Å². The van der Waals surface area contributed by atoms with Crippen molar-refractivity contribution in [3.8, 4) is 11.5 Å². The third-order valence-corrected chi connectivity index (χ3v) is 4.98. The second-order valence-corrected chi connectivity index (χ2v) is 7.31. The van der Waals surface area contributed by atoms with Crippen molar-refractivity contribution < 1.29 is 19.1 Å². The number of methoxy groups -OCH3 is 2. The molecule has 1 fully saturated rings. The number of carbonyl (C=O) groups excluding carboxylic acids is 2. The molecule has 1 saturated carbocycles. The molecule has 2 amide bonds. The van der Waals surface area contributed by atoms with Crippen molar-refractivity contribution in [2.45, 2.75) is 58.4 Å². The number of anilines is 1. The van der Waals surface area contributed by atoms with Gasteiger partial charge in [-0.1, -0.05) is 25.7 Å². The van der Waals surface area contributed by atoms with Gasteiger partial charge in [-0.15, -0.1) is 0 Å². The normalized spacial score (nSPS) is 15.7. The van der Waals surface area contributed by atoms with Gasteiger partial charge in [0, 0.05) is 12.1 Å². The van der Waals surface area contributed by atoms with Gasteiger partial charge in [-0.25, -0.2) is 0 Å². The summed E-state index contributed by atoms with van der Waals surface area (Å²) in [6.45, 7) is 3.28. The van der Waals surface area contributed by atoms with Crippen LogP contribution in [0.1, 0.15) is 52.4 Å². The quantitative estimate of drug-likeness (QED) is 0.600. The Morgan fingerprint density at radius 3 is 2.23 bits per heavy atom. The van der Waals surface area contributed by atoms with E-state index in [1.165, 1.54) is 20.0 Å². The van der Waals surface area contributed by atoms with Crippen LogP contribution in [0.4, 0.5) is 5.69 Å². The third-order valence-electron chi connectivity index (χ3n) is 4.98. The molecule has 1 aromatic carbocycles. The number of nitrogens with one attached hydrogen (secondary N) is 2. The molecule has 1 aliphatic carbocycles. The number of ether oxygens (including phenoxy) is 2. The van der Waals surface area contributed by atoms with Crippen LogP contribution in [0.2, 0.25) is 0 Å². The minimum atomic E-state index is -1.19. The van der Waals surface area contributed by atoms with E-state index in [9.17, 15) is 9.59 Å². The van der Waals surface area contributed by atoms with E-state index in [1.54, 1.807) is 39.2 Å². The van der Waals surface area contributed by atoms with Gasteiger partial charge < -0.3 is 20.1 Å². The van der Waals surface area contributed by atoms with Gasteiger partial charge in [0.15, 0.2) is 0 Å². The first-order chi connectivity index (χ1) is 12.4. The predicted molar refractivity (Wildman–Crippen MR) is 102 cm³/mol. The van der Waals surface area contributed by atoms with Crippen molar-refractivity contribution in [2.24, 2.45) is 5.41 Å². The smallest absolute Gasteiger partial charge is 0.239 e. The lowest BCUT2D eigenvalue weighted by Crippen LogP contribution is -2.48. The first kappa shape index (κ1) is 20.1. The Balaban J connectivity index is 2.07. The fourth-order valence-corrected chi connectivity index (χ4v) is 3.08. The van der Waals surface area contributed by atoms with Gasteiger partial charge >= 0.3 is 0 Å². The first-order valence-electron chi connectivity index (χ1n) is 9.23. The van der Waals surface area contributed by atoms with Crippen molar-refractivity contribution in [3.63, 3.8) is 0 Å². The largest absolute Gasteiger partial charge is 0.497 e. The summed E-state index contributed by atoms with van der Waals surface area (Å²) in [5.41, 5.74) is -0.715. The van der Waals surface area contributed by atoms with Crippen molar-refractivity contribution in [2.75, 3.05) is 19.5 Å². The van der Waals surface area contributed by atoms with Gasteiger partial charge in [0.2, 0.25) is 11.8 Å². The number of rotatable bonds is 6. The van der Waals surface area contributed by atoms with Crippen LogP contribution >= 0.6 is 0 Å². The van der Waals surface area contributed by atoms with E-state index in [2.05, 4.69) is 10.6 Å². The monoisotopic (exact) mass is 362 g/mol. The minimum absolute atomic E-state index is 0.156. The maximum absolute atomic E-state index is 12.8. The fraction of sp³-hybridized carbons (Fsp3) is 0.600. The summed E-state index contributed by atoms with van der Waals surface area (Å²) < 4.78 is 10.5. The summed E-state index contributed by atoms with van der Waals surface area (Å²) in [4.78, 5) is 25.5. The van der Waals surface area contributed by atoms with Gasteiger partial charge in [-0.2, -0.15) is 0 Å². The van der Waals surface area contributed by atoms with E-state index in [0.717, 1.165) is 25.7 Å². The van der Waals surface area contributed by atoms with Gasteiger partial charge in [-0.05, 0) is 38.8 Å². The maximum atomic E-state index is 12.8. The Labute approximate surface area is 155 Å². The molecule has 0 aliphatic heterocycles. The number of hydrogen-bond acceptors (Lipinski definition) is 4. The summed E-state index contributed by atoms with van der Waals surface area (Å²) in [5, 5.41) is 5.86. The topological polar surface area (TPSA) is 76.7 Å². The van der Waals surface area contributed by atoms with E-state index in [0.29, 0.717) is 17.2 Å². The van der Waals surface area contributed by atoms with Crippen molar-refractivity contribution >= 4 is 17.5 Å². The van der Waals surface area contributed by atoms with Gasteiger partial charge in [0.25, 0.3) is 0 Å². The number of carbonyl (C=O) groups is 2. The zero-order valence-electron chi connectivity index (χ0n) is 16.2. The molecule has 0 unspecified atom stereocenters. The molecule has 0 radical (unpaired) electrons. The molecule has 144 valence electrons. The summed E-state index contributed by atoms with van der Waals surface area (Å²) in [6.07, 6.45) is 6.63. The summed E-state index contributed by atoms with van der Waals surface area (Å²) in [6, 6.07) is 5.30. The molecule has 0 aromatic heterocycles. The van der Waals surface area contributed by atoms with Crippen LogP contribution in [0.25, 0.3) is 0 Å². The molecule has 0 spiro atoms. The SMILES string of the molecule is COc1ccc(OC)c(NC(=O)C(C)(C)C(=O)NC2CCCCCC2)c1. The Bertz CT molecular complexity index is 635. The van der Waals surface area contributed by atoms with Crippen molar-refractivity contribution in [3.05, 3.63) is 18.2 Å². The lowest BCUT2D eigenvalue weighted by molar-refractivity contribution is -0.138. The van der Waals surface area contributed by atoms with Gasteiger partial charge in [-0.3, -0.25) is 9.59 Å². The van der Waals surface area contributed by atoms with Crippen LogP contribution in [0.15, 0.2) is 18.2 Å². The molecule has 2 N–H and O–H groups in total. The summed E-state index contributed by atoms with van der Waals surface area (Å²) in [7, 11) is 3.08. The maximum Gasteiger partial charge on any atom is 0.239 e. The van der Waals surface area contributed by atoms with Gasteiger partial charge in [0.1, 0.15) is 16.9 Å². The zero-order valence-corrected chi connectivity index (χ0v) is 16.2. The minimum Gasteiger partial charge on any atom is -0.497 e. The highest BCUT2D eigenvalue weighted by atomic mass is 16.5. The Morgan fingerprint density at radius 1 is 1.00 bits per heavy atom. The lowest BCUT2D eigenvalue weighted by atomic mass is 9.90. The molecule has 0 heterocycles. The molecule has 6 heteroatoms. The molecular formula is C20H30N2O4. The molecule has 0 saturated heterocycles. The van der Waals surface area contributed by atoms with Crippen molar-refractivity contribution in [1.82, 2.24) is 5.32 Å². The second kappa shape index (κ2) is 8.92. The number of amides is 2. The summed E-state index contributed by atoms with van der Waals surface area (Å²) >= 11 is 0. The molecule has 2 rings (SSSR count). The number of hydrogen-bond donors (Lipinski definition) is 2. The molecular weight excluding hydrogens is 332 g/mol. The molecule has 26 heavy (non-hydrogen) atoms. The molecule has 6 nitrogen and oxygen atoms in total. The van der Waals surface area contributed by atoms with Crippen molar-refractivity contribution in [1.29, 1.82) is 0 Å². The average Bonchev–Trinajstić information content (AvgIpc) is 2.90. The van der Waals surface area contributed by atoms with E-state index in [4.69, 9.17) is 9.47 Å². The Morgan fingerprint density at radius 2 is 1.65 bits per heavy atom. The van der Waals surface area contributed by atoms with E-state index in [1.807, 2.05) is 0 Å². The molecule has 0 bridgehead atoms. The van der Waals surface area contributed by atoms with Crippen LogP contribution in [0.3, 0.4) is 0 Å². The summed E-state index contributed by atoms with van der Waals surface area (Å²) in [5.74, 6) is 0.486. The fourth-order valence-electron chi connectivity index (χ4n) is 3.08. The predicted octanol–water partition coefficient (Wildman–Crippen LogP) is 3.51. The Kier molecular flexibility index (Phi) is 6.89. The zero-order chi connectivity index (χ0) is 19.2. The highest BCUT2D eigenvalue weighted by Crippen LogP contribution is 2.31. The van der Waals surface area contributed by atoms with Crippen LogP contribution in [0, 0.1) is 5.41 Å². The van der Waals surface area contributed by atoms with Crippen LogP contribution in [-0.2, 0) is 9.59 Å². The highest BCUT2D eigenvalue weighted by Gasteiger charge is 2.37. The Hall–Kier alpha value is -2.24.